The zero-order chi connectivity index (χ0) is 11.5. The summed E-state index contributed by atoms with van der Waals surface area (Å²) in [5.41, 5.74) is 8.14. The molecule has 1 atom stereocenters. The van der Waals surface area contributed by atoms with Crippen molar-refractivity contribution in [1.29, 1.82) is 0 Å². The van der Waals surface area contributed by atoms with E-state index in [1.807, 2.05) is 0 Å². The van der Waals surface area contributed by atoms with Crippen LogP contribution in [0, 0.1) is 19.8 Å². The Morgan fingerprint density at radius 3 is 2.94 bits per heavy atom. The second-order valence-corrected chi connectivity index (χ2v) is 4.76. The van der Waals surface area contributed by atoms with Crippen LogP contribution in [0.3, 0.4) is 0 Å². The summed E-state index contributed by atoms with van der Waals surface area (Å²) in [5, 5.41) is 0. The third-order valence-corrected chi connectivity index (χ3v) is 3.51. The zero-order valence-electron chi connectivity index (χ0n) is 10.2. The third-order valence-electron chi connectivity index (χ3n) is 3.51. The molecule has 0 aromatic carbocycles. The molecule has 2 heterocycles. The predicted molar refractivity (Wildman–Crippen MR) is 67.7 cm³/mol. The van der Waals surface area contributed by atoms with Crippen LogP contribution in [0.4, 0.5) is 5.82 Å². The van der Waals surface area contributed by atoms with Gasteiger partial charge in [0.1, 0.15) is 5.82 Å². The van der Waals surface area contributed by atoms with E-state index in [1.165, 1.54) is 18.4 Å². The summed E-state index contributed by atoms with van der Waals surface area (Å²) < 4.78 is 0. The van der Waals surface area contributed by atoms with Crippen LogP contribution in [-0.4, -0.2) is 24.6 Å². The van der Waals surface area contributed by atoms with Crippen molar-refractivity contribution >= 4 is 5.82 Å². The molecule has 0 bridgehead atoms. The van der Waals surface area contributed by atoms with Gasteiger partial charge in [-0.1, -0.05) is 6.07 Å². The van der Waals surface area contributed by atoms with Gasteiger partial charge in [-0.15, -0.1) is 0 Å². The Hall–Kier alpha value is -1.09. The van der Waals surface area contributed by atoms with Crippen LogP contribution in [0.5, 0.6) is 0 Å². The Bertz CT molecular complexity index is 362. The molecule has 1 saturated heterocycles. The molecule has 3 nitrogen and oxygen atoms in total. The zero-order valence-corrected chi connectivity index (χ0v) is 10.2. The number of anilines is 1. The normalized spacial score (nSPS) is 21.2. The molecular weight excluding hydrogens is 198 g/mol. The minimum absolute atomic E-state index is 0.636. The molecule has 1 aromatic rings. The molecule has 3 heteroatoms. The number of rotatable bonds is 2. The van der Waals surface area contributed by atoms with Crippen LogP contribution in [0.25, 0.3) is 0 Å². The lowest BCUT2D eigenvalue weighted by Gasteiger charge is -2.33. The molecule has 1 fully saturated rings. The van der Waals surface area contributed by atoms with E-state index in [9.17, 15) is 0 Å². The Labute approximate surface area is 97.7 Å². The maximum atomic E-state index is 5.75. The van der Waals surface area contributed by atoms with Crippen LogP contribution in [0.2, 0.25) is 0 Å². The molecule has 88 valence electrons. The van der Waals surface area contributed by atoms with Crippen molar-refractivity contribution in [3.8, 4) is 0 Å². The quantitative estimate of drug-likeness (QED) is 0.825. The van der Waals surface area contributed by atoms with Crippen molar-refractivity contribution in [2.45, 2.75) is 26.7 Å². The van der Waals surface area contributed by atoms with E-state index in [0.717, 1.165) is 31.1 Å². The van der Waals surface area contributed by atoms with E-state index in [0.29, 0.717) is 5.92 Å². The standard InChI is InChI=1S/C13H21N3/c1-10-5-6-13(15-11(10)2)16-7-3-4-12(8-14)9-16/h5-6,12H,3-4,7-9,14H2,1-2H3. The second kappa shape index (κ2) is 4.83. The van der Waals surface area contributed by atoms with E-state index >= 15 is 0 Å². The molecule has 1 aliphatic heterocycles. The van der Waals surface area contributed by atoms with E-state index in [4.69, 9.17) is 5.73 Å². The fourth-order valence-corrected chi connectivity index (χ4v) is 2.26. The van der Waals surface area contributed by atoms with Gasteiger partial charge in [0, 0.05) is 18.8 Å². The van der Waals surface area contributed by atoms with Gasteiger partial charge in [-0.2, -0.15) is 0 Å². The average Bonchev–Trinajstić information content (AvgIpc) is 2.33. The van der Waals surface area contributed by atoms with Crippen molar-refractivity contribution in [3.63, 3.8) is 0 Å². The summed E-state index contributed by atoms with van der Waals surface area (Å²) in [7, 11) is 0. The number of hydrogen-bond donors (Lipinski definition) is 1. The Morgan fingerprint density at radius 1 is 1.44 bits per heavy atom. The lowest BCUT2D eigenvalue weighted by molar-refractivity contribution is 0.421. The molecule has 1 aromatic heterocycles. The number of piperidine rings is 1. The van der Waals surface area contributed by atoms with Gasteiger partial charge in [-0.3, -0.25) is 0 Å². The lowest BCUT2D eigenvalue weighted by Crippen LogP contribution is -2.38. The highest BCUT2D eigenvalue weighted by Gasteiger charge is 2.19. The molecule has 0 saturated carbocycles. The van der Waals surface area contributed by atoms with E-state index in [1.54, 1.807) is 0 Å². The maximum absolute atomic E-state index is 5.75. The van der Waals surface area contributed by atoms with E-state index in [-0.39, 0.29) is 0 Å². The Morgan fingerprint density at radius 2 is 2.25 bits per heavy atom. The summed E-state index contributed by atoms with van der Waals surface area (Å²) in [6.07, 6.45) is 2.49. The maximum Gasteiger partial charge on any atom is 0.128 e. The van der Waals surface area contributed by atoms with Crippen LogP contribution in [-0.2, 0) is 0 Å². The van der Waals surface area contributed by atoms with Gasteiger partial charge in [0.05, 0.1) is 0 Å². The number of aromatic nitrogens is 1. The van der Waals surface area contributed by atoms with Crippen molar-refractivity contribution in [3.05, 3.63) is 23.4 Å². The molecule has 2 rings (SSSR count). The number of hydrogen-bond acceptors (Lipinski definition) is 3. The molecule has 1 aliphatic rings. The van der Waals surface area contributed by atoms with E-state index in [2.05, 4.69) is 35.9 Å². The van der Waals surface area contributed by atoms with Crippen molar-refractivity contribution in [1.82, 2.24) is 4.98 Å². The predicted octanol–water partition coefficient (Wildman–Crippen LogP) is 1.87. The Kier molecular flexibility index (Phi) is 3.44. The number of aryl methyl sites for hydroxylation is 2. The molecular formula is C13H21N3. The van der Waals surface area contributed by atoms with Crippen LogP contribution in [0.15, 0.2) is 12.1 Å². The van der Waals surface area contributed by atoms with Gasteiger partial charge in [-0.05, 0) is 50.8 Å². The fraction of sp³-hybridized carbons (Fsp3) is 0.615. The molecule has 0 radical (unpaired) electrons. The van der Waals surface area contributed by atoms with Gasteiger partial charge >= 0.3 is 0 Å². The minimum Gasteiger partial charge on any atom is -0.356 e. The van der Waals surface area contributed by atoms with Gasteiger partial charge in [0.25, 0.3) is 0 Å². The van der Waals surface area contributed by atoms with Crippen molar-refractivity contribution in [2.24, 2.45) is 11.7 Å². The molecule has 2 N–H and O–H groups in total. The monoisotopic (exact) mass is 219 g/mol. The summed E-state index contributed by atoms with van der Waals surface area (Å²) in [6.45, 7) is 7.15. The van der Waals surface area contributed by atoms with Gasteiger partial charge < -0.3 is 10.6 Å². The summed E-state index contributed by atoms with van der Waals surface area (Å²) in [6, 6.07) is 4.28. The molecule has 0 aliphatic carbocycles. The molecule has 16 heavy (non-hydrogen) atoms. The van der Waals surface area contributed by atoms with Gasteiger partial charge in [0.2, 0.25) is 0 Å². The molecule has 1 unspecified atom stereocenters. The first-order chi connectivity index (χ1) is 7.70. The molecule has 0 amide bonds. The summed E-state index contributed by atoms with van der Waals surface area (Å²) in [5.74, 6) is 1.75. The first kappa shape index (κ1) is 11.4. The summed E-state index contributed by atoms with van der Waals surface area (Å²) >= 11 is 0. The highest BCUT2D eigenvalue weighted by molar-refractivity contribution is 5.41. The largest absolute Gasteiger partial charge is 0.356 e. The SMILES string of the molecule is Cc1ccc(N2CCCC(CN)C2)nc1C. The average molecular weight is 219 g/mol. The van der Waals surface area contributed by atoms with Crippen LogP contribution >= 0.6 is 0 Å². The second-order valence-electron chi connectivity index (χ2n) is 4.76. The number of nitrogens with two attached hydrogens (primary N) is 1. The number of pyridine rings is 1. The highest BCUT2D eigenvalue weighted by Crippen LogP contribution is 2.21. The Balaban J connectivity index is 2.13. The van der Waals surface area contributed by atoms with E-state index < -0.39 is 0 Å². The first-order valence-electron chi connectivity index (χ1n) is 6.10. The van der Waals surface area contributed by atoms with Gasteiger partial charge in [-0.25, -0.2) is 4.98 Å². The highest BCUT2D eigenvalue weighted by atomic mass is 15.2. The number of nitrogens with zero attached hydrogens (tertiary/aromatic N) is 2. The van der Waals surface area contributed by atoms with Gasteiger partial charge in [0.15, 0.2) is 0 Å². The fourth-order valence-electron chi connectivity index (χ4n) is 2.26. The minimum atomic E-state index is 0.636. The summed E-state index contributed by atoms with van der Waals surface area (Å²) in [4.78, 5) is 7.02. The lowest BCUT2D eigenvalue weighted by atomic mass is 9.98. The van der Waals surface area contributed by atoms with Crippen LogP contribution in [0.1, 0.15) is 24.1 Å². The smallest absolute Gasteiger partial charge is 0.128 e. The third kappa shape index (κ3) is 2.35. The topological polar surface area (TPSA) is 42.1 Å². The first-order valence-corrected chi connectivity index (χ1v) is 6.10. The molecule has 0 spiro atoms. The van der Waals surface area contributed by atoms with Crippen LogP contribution < -0.4 is 10.6 Å². The van der Waals surface area contributed by atoms with Crippen molar-refractivity contribution < 1.29 is 0 Å². The van der Waals surface area contributed by atoms with Crippen molar-refractivity contribution in [2.75, 3.05) is 24.5 Å².